The number of hydrogen-bond acceptors (Lipinski definition) is 7. The number of halogens is 1. The van der Waals surface area contributed by atoms with E-state index in [-0.39, 0.29) is 17.5 Å². The maximum atomic E-state index is 14.4. The number of hydrogen-bond donors (Lipinski definition) is 4. The number of anilines is 2. The molecule has 4 rings (SSSR count). The average molecular weight is 451 g/mol. The van der Waals surface area contributed by atoms with Gasteiger partial charge in [-0.15, -0.1) is 11.3 Å². The van der Waals surface area contributed by atoms with E-state index in [9.17, 15) is 9.18 Å². The Balaban J connectivity index is 1.82. The number of carbonyl (C=O) groups is 1. The average Bonchev–Trinajstić information content (AvgIpc) is 3.24. The van der Waals surface area contributed by atoms with Gasteiger partial charge in [0.2, 0.25) is 0 Å². The van der Waals surface area contributed by atoms with Crippen molar-refractivity contribution >= 4 is 28.6 Å². The summed E-state index contributed by atoms with van der Waals surface area (Å²) < 4.78 is 14.4. The number of thiophene rings is 1. The second-order valence-electron chi connectivity index (χ2n) is 7.76. The molecule has 1 unspecified atom stereocenters. The van der Waals surface area contributed by atoms with Gasteiger partial charge >= 0.3 is 0 Å². The number of amides is 1. The van der Waals surface area contributed by atoms with Crippen LogP contribution >= 0.6 is 11.3 Å². The van der Waals surface area contributed by atoms with Gasteiger partial charge in [-0.3, -0.25) is 10.6 Å². The monoisotopic (exact) mass is 450 g/mol. The van der Waals surface area contributed by atoms with Crippen LogP contribution in [-0.2, 0) is 0 Å². The standard InChI is InChI=1S/C23H23FN6OS/c24-18-8-13(3-4-15(18)11-25)17-10-21(23(31)30-7-1-2-16(26)12-30)32-22(17)14-5-6-20(29-28)19(27)9-14/h3-6,8-10,16,29H,1-2,7,12,26-28H2. The molecule has 1 atom stereocenters. The first-order chi connectivity index (χ1) is 15.4. The zero-order chi connectivity index (χ0) is 22.8. The van der Waals surface area contributed by atoms with Crippen molar-refractivity contribution < 1.29 is 9.18 Å². The number of piperidine rings is 1. The maximum Gasteiger partial charge on any atom is 0.264 e. The molecule has 0 spiro atoms. The molecule has 0 bridgehead atoms. The molecule has 0 saturated carbocycles. The van der Waals surface area contributed by atoms with Crippen molar-refractivity contribution in [3.8, 4) is 27.6 Å². The van der Waals surface area contributed by atoms with Gasteiger partial charge in [0.05, 0.1) is 21.8 Å². The number of nitrogens with zero attached hydrogens (tertiary/aromatic N) is 2. The van der Waals surface area contributed by atoms with E-state index in [2.05, 4.69) is 5.43 Å². The first-order valence-electron chi connectivity index (χ1n) is 10.2. The van der Waals surface area contributed by atoms with Gasteiger partial charge in [-0.05, 0) is 54.3 Å². The molecular formula is C23H23FN6OS. The lowest BCUT2D eigenvalue weighted by atomic mass is 10.00. The summed E-state index contributed by atoms with van der Waals surface area (Å²) in [5.41, 5.74) is 17.7. The summed E-state index contributed by atoms with van der Waals surface area (Å²) in [5, 5.41) is 9.06. The van der Waals surface area contributed by atoms with Crippen molar-refractivity contribution in [3.63, 3.8) is 0 Å². The highest BCUT2D eigenvalue weighted by molar-refractivity contribution is 7.18. The first-order valence-corrected chi connectivity index (χ1v) is 11.0. The molecule has 164 valence electrons. The highest BCUT2D eigenvalue weighted by Crippen LogP contribution is 2.41. The summed E-state index contributed by atoms with van der Waals surface area (Å²) in [7, 11) is 0. The third-order valence-electron chi connectivity index (χ3n) is 5.56. The summed E-state index contributed by atoms with van der Waals surface area (Å²) in [6.45, 7) is 1.17. The zero-order valence-corrected chi connectivity index (χ0v) is 18.1. The number of rotatable bonds is 4. The molecule has 0 radical (unpaired) electrons. The predicted molar refractivity (Wildman–Crippen MR) is 125 cm³/mol. The fourth-order valence-corrected chi connectivity index (χ4v) is 5.03. The topological polar surface area (TPSA) is 134 Å². The molecule has 9 heteroatoms. The molecule has 7 N–H and O–H groups in total. The SMILES string of the molecule is N#Cc1ccc(-c2cc(C(=O)N3CCCC(N)C3)sc2-c2ccc(NN)c(N)c2)cc1F. The minimum Gasteiger partial charge on any atom is -0.397 e. The molecule has 1 fully saturated rings. The number of nitrogen functional groups attached to an aromatic ring is 2. The Morgan fingerprint density at radius 2 is 2.00 bits per heavy atom. The normalized spacial score (nSPS) is 15.9. The van der Waals surface area contributed by atoms with Gasteiger partial charge in [0.15, 0.2) is 0 Å². The van der Waals surface area contributed by atoms with E-state index >= 15 is 0 Å². The van der Waals surface area contributed by atoms with E-state index in [1.54, 1.807) is 29.2 Å². The van der Waals surface area contributed by atoms with Crippen molar-refractivity contribution in [2.24, 2.45) is 11.6 Å². The Morgan fingerprint density at radius 3 is 2.66 bits per heavy atom. The highest BCUT2D eigenvalue weighted by atomic mass is 32.1. The van der Waals surface area contributed by atoms with Gasteiger partial charge in [0.1, 0.15) is 11.9 Å². The third-order valence-corrected chi connectivity index (χ3v) is 6.73. The van der Waals surface area contributed by atoms with Crippen molar-refractivity contribution in [3.05, 3.63) is 58.7 Å². The number of hydrazine groups is 1. The van der Waals surface area contributed by atoms with Crippen LogP contribution in [0.1, 0.15) is 28.1 Å². The van der Waals surface area contributed by atoms with Crippen LogP contribution in [0.2, 0.25) is 0 Å². The fourth-order valence-electron chi connectivity index (χ4n) is 3.88. The summed E-state index contributed by atoms with van der Waals surface area (Å²) in [5.74, 6) is 4.78. The van der Waals surface area contributed by atoms with Crippen molar-refractivity contribution in [1.29, 1.82) is 5.26 Å². The first kappa shape index (κ1) is 21.8. The minimum absolute atomic E-state index is 0.0321. The molecule has 2 heterocycles. The molecule has 2 aromatic carbocycles. The van der Waals surface area contributed by atoms with E-state index in [1.165, 1.54) is 23.5 Å². The molecular weight excluding hydrogens is 427 g/mol. The molecule has 1 amide bonds. The van der Waals surface area contributed by atoms with Gasteiger partial charge in [-0.1, -0.05) is 12.1 Å². The predicted octanol–water partition coefficient (Wildman–Crippen LogP) is 3.52. The summed E-state index contributed by atoms with van der Waals surface area (Å²) in [6, 6.07) is 13.3. The van der Waals surface area contributed by atoms with Crippen LogP contribution in [0.4, 0.5) is 15.8 Å². The number of carbonyl (C=O) groups excluding carboxylic acids is 1. The molecule has 1 aromatic heterocycles. The second-order valence-corrected chi connectivity index (χ2v) is 8.81. The Kier molecular flexibility index (Phi) is 6.10. The molecule has 1 aliphatic rings. The van der Waals surface area contributed by atoms with Crippen LogP contribution in [-0.4, -0.2) is 29.9 Å². The third kappa shape index (κ3) is 4.16. The van der Waals surface area contributed by atoms with E-state index in [0.717, 1.165) is 23.3 Å². The number of likely N-dealkylation sites (tertiary alicyclic amines) is 1. The smallest absolute Gasteiger partial charge is 0.264 e. The van der Waals surface area contributed by atoms with Crippen LogP contribution in [0.25, 0.3) is 21.6 Å². The van der Waals surface area contributed by atoms with Crippen molar-refractivity contribution in [2.45, 2.75) is 18.9 Å². The Hall–Kier alpha value is -3.45. The lowest BCUT2D eigenvalue weighted by Gasteiger charge is -2.30. The number of nitrogens with one attached hydrogen (secondary N) is 1. The Bertz CT molecular complexity index is 1220. The quantitative estimate of drug-likeness (QED) is 0.273. The zero-order valence-electron chi connectivity index (χ0n) is 17.3. The lowest BCUT2D eigenvalue weighted by Crippen LogP contribution is -2.45. The van der Waals surface area contributed by atoms with Crippen LogP contribution in [0.15, 0.2) is 42.5 Å². The van der Waals surface area contributed by atoms with E-state index < -0.39 is 5.82 Å². The van der Waals surface area contributed by atoms with Crippen LogP contribution in [0.5, 0.6) is 0 Å². The van der Waals surface area contributed by atoms with Gasteiger partial charge < -0.3 is 21.8 Å². The summed E-state index contributed by atoms with van der Waals surface area (Å²) in [6.07, 6.45) is 1.76. The fraction of sp³-hybridized carbons (Fsp3) is 0.217. The van der Waals surface area contributed by atoms with Crippen molar-refractivity contribution in [2.75, 3.05) is 24.2 Å². The molecule has 0 aliphatic carbocycles. The molecule has 7 nitrogen and oxygen atoms in total. The van der Waals surface area contributed by atoms with Gasteiger partial charge in [-0.2, -0.15) is 5.26 Å². The van der Waals surface area contributed by atoms with Crippen LogP contribution in [0.3, 0.4) is 0 Å². The number of nitrogens with two attached hydrogens (primary N) is 3. The molecule has 32 heavy (non-hydrogen) atoms. The van der Waals surface area contributed by atoms with Gasteiger partial charge in [0.25, 0.3) is 5.91 Å². The lowest BCUT2D eigenvalue weighted by molar-refractivity contribution is 0.0714. The van der Waals surface area contributed by atoms with E-state index in [4.69, 9.17) is 22.6 Å². The van der Waals surface area contributed by atoms with Crippen molar-refractivity contribution in [1.82, 2.24) is 4.90 Å². The Morgan fingerprint density at radius 1 is 1.22 bits per heavy atom. The Labute approximate surface area is 189 Å². The van der Waals surface area contributed by atoms with E-state index in [1.807, 2.05) is 12.1 Å². The molecule has 3 aromatic rings. The van der Waals surface area contributed by atoms with Gasteiger partial charge in [-0.25, -0.2) is 4.39 Å². The number of nitriles is 1. The second kappa shape index (κ2) is 8.96. The van der Waals surface area contributed by atoms with E-state index in [0.29, 0.717) is 40.5 Å². The number of benzene rings is 2. The maximum absolute atomic E-state index is 14.4. The summed E-state index contributed by atoms with van der Waals surface area (Å²) >= 11 is 1.32. The summed E-state index contributed by atoms with van der Waals surface area (Å²) in [4.78, 5) is 16.3. The highest BCUT2D eigenvalue weighted by Gasteiger charge is 2.26. The van der Waals surface area contributed by atoms with Crippen LogP contribution < -0.4 is 22.7 Å². The molecule has 1 aliphatic heterocycles. The largest absolute Gasteiger partial charge is 0.397 e. The molecule has 1 saturated heterocycles. The van der Waals surface area contributed by atoms with Crippen LogP contribution in [0, 0.1) is 17.1 Å². The minimum atomic E-state index is -0.612. The van der Waals surface area contributed by atoms with Gasteiger partial charge in [0, 0.05) is 29.6 Å².